The molecular weight excluding hydrogens is 223 g/mol. The molecule has 0 aliphatic rings. The Balaban J connectivity index is 2.31. The van der Waals surface area contributed by atoms with Gasteiger partial charge in [-0.25, -0.2) is 4.39 Å². The van der Waals surface area contributed by atoms with Crippen LogP contribution in [-0.2, 0) is 6.42 Å². The van der Waals surface area contributed by atoms with E-state index >= 15 is 0 Å². The molecule has 0 radical (unpaired) electrons. The lowest BCUT2D eigenvalue weighted by molar-refractivity contribution is 0.606. The first-order chi connectivity index (χ1) is 7.59. The van der Waals surface area contributed by atoms with Crippen molar-refractivity contribution in [3.05, 3.63) is 35.6 Å². The highest BCUT2D eigenvalue weighted by molar-refractivity contribution is 7.80. The first kappa shape index (κ1) is 12.9. The van der Waals surface area contributed by atoms with Gasteiger partial charge in [-0.05, 0) is 44.1 Å². The van der Waals surface area contributed by atoms with Crippen molar-refractivity contribution in [1.82, 2.24) is 10.6 Å². The monoisotopic (exact) mass is 240 g/mol. The summed E-state index contributed by atoms with van der Waals surface area (Å²) in [5.74, 6) is -0.160. The van der Waals surface area contributed by atoms with E-state index < -0.39 is 0 Å². The molecule has 2 N–H and O–H groups in total. The summed E-state index contributed by atoms with van der Waals surface area (Å²) in [6, 6.07) is 7.10. The molecule has 0 bridgehead atoms. The van der Waals surface area contributed by atoms with Gasteiger partial charge in [-0.15, -0.1) is 0 Å². The van der Waals surface area contributed by atoms with Crippen LogP contribution < -0.4 is 10.6 Å². The topological polar surface area (TPSA) is 24.1 Å². The molecule has 0 aliphatic heterocycles. The Morgan fingerprint density at radius 3 is 2.69 bits per heavy atom. The number of hydrogen-bond donors (Lipinski definition) is 2. The van der Waals surface area contributed by atoms with E-state index in [-0.39, 0.29) is 5.82 Å². The van der Waals surface area contributed by atoms with Crippen LogP contribution in [0.5, 0.6) is 0 Å². The molecule has 0 unspecified atom stereocenters. The molecule has 4 heteroatoms. The van der Waals surface area contributed by atoms with Crippen LogP contribution in [-0.4, -0.2) is 17.7 Å². The molecule has 88 valence electrons. The number of nitrogens with one attached hydrogen (secondary N) is 2. The third kappa shape index (κ3) is 4.57. The van der Waals surface area contributed by atoms with Gasteiger partial charge in [-0.1, -0.05) is 18.2 Å². The summed E-state index contributed by atoms with van der Waals surface area (Å²) in [4.78, 5) is 0. The molecular formula is C12H17FN2S. The molecule has 2 nitrogen and oxygen atoms in total. The maximum absolute atomic E-state index is 13.2. The molecule has 0 amide bonds. The number of thiocarbonyl (C=S) groups is 1. The lowest BCUT2D eigenvalue weighted by Crippen LogP contribution is -2.40. The Kier molecular flexibility index (Phi) is 5.19. The van der Waals surface area contributed by atoms with Crippen LogP contribution in [0.1, 0.15) is 19.4 Å². The van der Waals surface area contributed by atoms with Gasteiger partial charge in [0.1, 0.15) is 5.82 Å². The summed E-state index contributed by atoms with van der Waals surface area (Å²) in [6.45, 7) is 4.68. The van der Waals surface area contributed by atoms with Gasteiger partial charge >= 0.3 is 0 Å². The molecule has 1 aromatic rings. The van der Waals surface area contributed by atoms with Gasteiger partial charge in [0.25, 0.3) is 0 Å². The summed E-state index contributed by atoms with van der Waals surface area (Å²) in [5.41, 5.74) is 0.711. The van der Waals surface area contributed by atoms with E-state index in [0.29, 0.717) is 29.7 Å². The van der Waals surface area contributed by atoms with Crippen molar-refractivity contribution in [2.24, 2.45) is 0 Å². The van der Waals surface area contributed by atoms with E-state index in [2.05, 4.69) is 10.6 Å². The molecule has 0 atom stereocenters. The van der Waals surface area contributed by atoms with Gasteiger partial charge in [0.05, 0.1) is 0 Å². The average Bonchev–Trinajstić information content (AvgIpc) is 2.19. The Labute approximate surface area is 101 Å². The highest BCUT2D eigenvalue weighted by Gasteiger charge is 2.01. The van der Waals surface area contributed by atoms with E-state index in [4.69, 9.17) is 12.2 Å². The van der Waals surface area contributed by atoms with Crippen LogP contribution in [0.25, 0.3) is 0 Å². The normalized spacial score (nSPS) is 10.2. The van der Waals surface area contributed by atoms with Crippen molar-refractivity contribution in [2.45, 2.75) is 26.3 Å². The second-order valence-corrected chi connectivity index (χ2v) is 4.30. The van der Waals surface area contributed by atoms with E-state index in [9.17, 15) is 4.39 Å². The summed E-state index contributed by atoms with van der Waals surface area (Å²) in [5, 5.41) is 6.73. The highest BCUT2D eigenvalue weighted by atomic mass is 32.1. The fraction of sp³-hybridized carbons (Fsp3) is 0.417. The lowest BCUT2D eigenvalue weighted by atomic mass is 10.1. The van der Waals surface area contributed by atoms with Crippen LogP contribution in [0.15, 0.2) is 24.3 Å². The summed E-state index contributed by atoms with van der Waals surface area (Å²) < 4.78 is 13.2. The van der Waals surface area contributed by atoms with E-state index in [1.807, 2.05) is 19.9 Å². The zero-order valence-electron chi connectivity index (χ0n) is 9.59. The first-order valence-corrected chi connectivity index (χ1v) is 5.78. The molecule has 0 heterocycles. The smallest absolute Gasteiger partial charge is 0.166 e. The molecule has 16 heavy (non-hydrogen) atoms. The molecule has 1 aromatic carbocycles. The largest absolute Gasteiger partial charge is 0.362 e. The Hall–Kier alpha value is -1.16. The summed E-state index contributed by atoms with van der Waals surface area (Å²) in [6.07, 6.45) is 0.632. The minimum absolute atomic E-state index is 0.160. The fourth-order valence-corrected chi connectivity index (χ4v) is 1.66. The predicted molar refractivity (Wildman–Crippen MR) is 69.0 cm³/mol. The number of benzene rings is 1. The van der Waals surface area contributed by atoms with Gasteiger partial charge in [-0.2, -0.15) is 0 Å². The Bertz CT molecular complexity index is 353. The van der Waals surface area contributed by atoms with Crippen molar-refractivity contribution in [1.29, 1.82) is 0 Å². The minimum Gasteiger partial charge on any atom is -0.362 e. The average molecular weight is 240 g/mol. The lowest BCUT2D eigenvalue weighted by Gasteiger charge is -2.13. The third-order valence-electron chi connectivity index (χ3n) is 2.06. The van der Waals surface area contributed by atoms with Crippen molar-refractivity contribution in [3.8, 4) is 0 Å². The zero-order valence-corrected chi connectivity index (χ0v) is 10.4. The summed E-state index contributed by atoms with van der Waals surface area (Å²) >= 11 is 5.06. The molecule has 0 spiro atoms. The van der Waals surface area contributed by atoms with Crippen molar-refractivity contribution in [2.75, 3.05) is 6.54 Å². The standard InChI is InChI=1S/C12H17FN2S/c1-9(2)15-12(16)14-8-7-10-5-3-4-6-11(10)13/h3-6,9H,7-8H2,1-2H3,(H2,14,15,16). The van der Waals surface area contributed by atoms with Crippen molar-refractivity contribution in [3.63, 3.8) is 0 Å². The van der Waals surface area contributed by atoms with Gasteiger partial charge in [0, 0.05) is 12.6 Å². The maximum atomic E-state index is 13.2. The number of rotatable bonds is 4. The van der Waals surface area contributed by atoms with Crippen molar-refractivity contribution >= 4 is 17.3 Å². The van der Waals surface area contributed by atoms with Gasteiger partial charge < -0.3 is 10.6 Å². The quantitative estimate of drug-likeness (QED) is 0.789. The predicted octanol–water partition coefficient (Wildman–Crippen LogP) is 2.24. The van der Waals surface area contributed by atoms with Crippen LogP contribution in [0, 0.1) is 5.82 Å². The molecule has 0 fully saturated rings. The van der Waals surface area contributed by atoms with Crippen LogP contribution in [0.2, 0.25) is 0 Å². The summed E-state index contributed by atoms with van der Waals surface area (Å²) in [7, 11) is 0. The highest BCUT2D eigenvalue weighted by Crippen LogP contribution is 2.05. The molecule has 0 aromatic heterocycles. The zero-order chi connectivity index (χ0) is 12.0. The van der Waals surface area contributed by atoms with Crippen molar-refractivity contribution < 1.29 is 4.39 Å². The Morgan fingerprint density at radius 1 is 1.38 bits per heavy atom. The SMILES string of the molecule is CC(C)NC(=S)NCCc1ccccc1F. The van der Waals surface area contributed by atoms with E-state index in [1.54, 1.807) is 12.1 Å². The second-order valence-electron chi connectivity index (χ2n) is 3.90. The Morgan fingerprint density at radius 2 is 2.06 bits per heavy atom. The molecule has 0 saturated carbocycles. The maximum Gasteiger partial charge on any atom is 0.166 e. The molecule has 0 saturated heterocycles. The third-order valence-corrected chi connectivity index (χ3v) is 2.32. The molecule has 1 rings (SSSR count). The minimum atomic E-state index is -0.160. The van der Waals surface area contributed by atoms with Crippen LogP contribution >= 0.6 is 12.2 Å². The number of halogens is 1. The van der Waals surface area contributed by atoms with Crippen LogP contribution in [0.4, 0.5) is 4.39 Å². The fourth-order valence-electron chi connectivity index (χ4n) is 1.33. The van der Waals surface area contributed by atoms with Gasteiger partial charge in [-0.3, -0.25) is 0 Å². The first-order valence-electron chi connectivity index (χ1n) is 5.37. The second kappa shape index (κ2) is 6.43. The molecule has 0 aliphatic carbocycles. The van der Waals surface area contributed by atoms with Gasteiger partial charge in [0.15, 0.2) is 5.11 Å². The van der Waals surface area contributed by atoms with Crippen LogP contribution in [0.3, 0.4) is 0 Å². The van der Waals surface area contributed by atoms with E-state index in [0.717, 1.165) is 0 Å². The van der Waals surface area contributed by atoms with Gasteiger partial charge in [0.2, 0.25) is 0 Å². The number of hydrogen-bond acceptors (Lipinski definition) is 1. The van der Waals surface area contributed by atoms with E-state index in [1.165, 1.54) is 6.07 Å².